The summed E-state index contributed by atoms with van der Waals surface area (Å²) < 4.78 is 6.64. The summed E-state index contributed by atoms with van der Waals surface area (Å²) in [5.41, 5.74) is 2.78. The Morgan fingerprint density at radius 3 is 2.55 bits per heavy atom. The Bertz CT molecular complexity index is 1100. The molecule has 1 aromatic carbocycles. The molecule has 3 aromatic rings. The second-order valence-electron chi connectivity index (χ2n) is 6.89. The van der Waals surface area contributed by atoms with Gasteiger partial charge in [0, 0.05) is 13.2 Å². The van der Waals surface area contributed by atoms with Gasteiger partial charge in [-0.2, -0.15) is 5.06 Å². The van der Waals surface area contributed by atoms with Crippen LogP contribution in [0.15, 0.2) is 18.3 Å². The topological polar surface area (TPSA) is 174 Å². The van der Waals surface area contributed by atoms with E-state index in [9.17, 15) is 30.4 Å². The van der Waals surface area contributed by atoms with Gasteiger partial charge < -0.3 is 29.7 Å². The minimum Gasteiger partial charge on any atom is -0.479 e. The van der Waals surface area contributed by atoms with E-state index in [-0.39, 0.29) is 5.95 Å². The summed E-state index contributed by atoms with van der Waals surface area (Å²) in [6.07, 6.45) is -7.45. The lowest BCUT2D eigenvalue weighted by Gasteiger charge is -2.41. The first kappa shape index (κ1) is 19.4. The minimum absolute atomic E-state index is 0.0902. The molecule has 0 aliphatic carbocycles. The van der Waals surface area contributed by atoms with Gasteiger partial charge in [-0.05, 0) is 19.1 Å². The van der Waals surface area contributed by atoms with Crippen molar-refractivity contribution in [2.75, 3.05) is 5.06 Å². The minimum atomic E-state index is -1.87. The molecule has 12 heteroatoms. The average molecular weight is 405 g/mol. The molecule has 5 atom stereocenters. The van der Waals surface area contributed by atoms with Crippen molar-refractivity contribution in [2.24, 2.45) is 7.05 Å². The van der Waals surface area contributed by atoms with Crippen molar-refractivity contribution in [3.63, 3.8) is 0 Å². The zero-order valence-electron chi connectivity index (χ0n) is 15.4. The Labute approximate surface area is 163 Å². The monoisotopic (exact) mass is 405 g/mol. The molecule has 29 heavy (non-hydrogen) atoms. The zero-order valence-corrected chi connectivity index (χ0v) is 15.4. The number of hydrogen-bond donors (Lipinski definition) is 5. The fourth-order valence-electron chi connectivity index (χ4n) is 3.39. The van der Waals surface area contributed by atoms with Crippen molar-refractivity contribution in [1.29, 1.82) is 0 Å². The maximum atomic E-state index is 11.3. The van der Waals surface area contributed by atoms with Crippen LogP contribution in [0.3, 0.4) is 0 Å². The Morgan fingerprint density at radius 1 is 1.14 bits per heavy atom. The van der Waals surface area contributed by atoms with Crippen LogP contribution in [-0.2, 0) is 16.6 Å². The molecule has 0 radical (unpaired) electrons. The van der Waals surface area contributed by atoms with Crippen LogP contribution in [0.1, 0.15) is 5.69 Å². The number of hydrogen-bond acceptors (Lipinski definition) is 10. The molecule has 1 aliphatic heterocycles. The number of carboxylic acids is 1. The second kappa shape index (κ2) is 6.86. The normalized spacial score (nSPS) is 27.4. The van der Waals surface area contributed by atoms with Gasteiger partial charge in [-0.3, -0.25) is 10.2 Å². The number of aromatic nitrogens is 4. The summed E-state index contributed by atoms with van der Waals surface area (Å²) in [5, 5.41) is 50.3. The predicted octanol–water partition coefficient (Wildman–Crippen LogP) is -1.09. The van der Waals surface area contributed by atoms with Crippen LogP contribution in [0.25, 0.3) is 22.1 Å². The first-order chi connectivity index (χ1) is 13.7. The molecule has 154 valence electrons. The third kappa shape index (κ3) is 2.97. The van der Waals surface area contributed by atoms with E-state index >= 15 is 0 Å². The van der Waals surface area contributed by atoms with Crippen LogP contribution in [0.5, 0.6) is 0 Å². The van der Waals surface area contributed by atoms with Crippen molar-refractivity contribution in [1.82, 2.24) is 19.5 Å². The van der Waals surface area contributed by atoms with Crippen molar-refractivity contribution in [3.05, 3.63) is 24.0 Å². The molecule has 12 nitrogen and oxygen atoms in total. The van der Waals surface area contributed by atoms with Crippen molar-refractivity contribution in [2.45, 2.75) is 37.6 Å². The number of ether oxygens (including phenoxy) is 1. The number of anilines is 1. The number of hydroxylamine groups is 1. The van der Waals surface area contributed by atoms with Gasteiger partial charge in [0.15, 0.2) is 12.3 Å². The van der Waals surface area contributed by atoms with Crippen LogP contribution in [0.4, 0.5) is 5.95 Å². The van der Waals surface area contributed by atoms with Crippen LogP contribution in [0, 0.1) is 6.92 Å². The molecule has 4 rings (SSSR count). The van der Waals surface area contributed by atoms with E-state index < -0.39 is 36.6 Å². The van der Waals surface area contributed by atoms with E-state index in [0.29, 0.717) is 32.8 Å². The molecule has 2 aromatic heterocycles. The fraction of sp³-hybridized carbons (Fsp3) is 0.412. The van der Waals surface area contributed by atoms with Crippen molar-refractivity contribution >= 4 is 34.0 Å². The highest BCUT2D eigenvalue weighted by atomic mass is 16.6. The Hall–Kier alpha value is -2.90. The summed E-state index contributed by atoms with van der Waals surface area (Å²) in [5.74, 6) is -1.64. The number of fused-ring (bicyclic) bond motifs is 3. The number of benzene rings is 1. The number of nitrogens with zero attached hydrogens (tertiary/aromatic N) is 5. The molecule has 0 saturated carbocycles. The molecule has 0 bridgehead atoms. The molecule has 3 heterocycles. The third-order valence-electron chi connectivity index (χ3n) is 4.94. The fourth-order valence-corrected chi connectivity index (χ4v) is 3.39. The number of carbonyl (C=O) groups is 1. The number of rotatable bonds is 3. The second-order valence-corrected chi connectivity index (χ2v) is 6.89. The number of carboxylic acid groups (broad SMARTS) is 1. The summed E-state index contributed by atoms with van der Waals surface area (Å²) in [4.78, 5) is 24.4. The SMILES string of the molecule is Cc1cnc2ccc3c(nc(N(O)[C@@H]4O[C@H](C(=O)O)[C@@H](O)[C@H](O)[C@H]4O)n3C)c2n1. The first-order valence-corrected chi connectivity index (χ1v) is 8.70. The van der Waals surface area contributed by atoms with Gasteiger partial charge in [0.1, 0.15) is 29.3 Å². The number of aliphatic carboxylic acids is 1. The highest BCUT2D eigenvalue weighted by Crippen LogP contribution is 2.30. The smallest absolute Gasteiger partial charge is 0.335 e. The summed E-state index contributed by atoms with van der Waals surface area (Å²) in [6, 6.07) is 3.46. The summed E-state index contributed by atoms with van der Waals surface area (Å²) in [7, 11) is 1.60. The maximum absolute atomic E-state index is 11.3. The Kier molecular flexibility index (Phi) is 4.59. The highest BCUT2D eigenvalue weighted by molar-refractivity contribution is 6.01. The molecule has 1 saturated heterocycles. The molecule has 1 fully saturated rings. The van der Waals surface area contributed by atoms with E-state index in [1.54, 1.807) is 32.3 Å². The lowest BCUT2D eigenvalue weighted by atomic mass is 9.98. The summed E-state index contributed by atoms with van der Waals surface area (Å²) in [6.45, 7) is 1.78. The van der Waals surface area contributed by atoms with Crippen LogP contribution in [0.2, 0.25) is 0 Å². The van der Waals surface area contributed by atoms with Crippen LogP contribution in [-0.4, -0.2) is 81.8 Å². The summed E-state index contributed by atoms with van der Waals surface area (Å²) >= 11 is 0. The maximum Gasteiger partial charge on any atom is 0.335 e. The van der Waals surface area contributed by atoms with E-state index in [2.05, 4.69) is 15.0 Å². The van der Waals surface area contributed by atoms with E-state index in [1.807, 2.05) is 0 Å². The van der Waals surface area contributed by atoms with Gasteiger partial charge in [-0.25, -0.2) is 14.8 Å². The molecule has 0 spiro atoms. The largest absolute Gasteiger partial charge is 0.479 e. The molecule has 0 amide bonds. The molecular weight excluding hydrogens is 386 g/mol. The zero-order chi connectivity index (χ0) is 21.0. The lowest BCUT2D eigenvalue weighted by Crippen LogP contribution is -2.64. The van der Waals surface area contributed by atoms with E-state index in [0.717, 1.165) is 0 Å². The van der Waals surface area contributed by atoms with Gasteiger partial charge >= 0.3 is 5.97 Å². The molecule has 5 N–H and O–H groups in total. The predicted molar refractivity (Wildman–Crippen MR) is 97.1 cm³/mol. The average Bonchev–Trinajstić information content (AvgIpc) is 3.02. The third-order valence-corrected chi connectivity index (χ3v) is 4.94. The van der Waals surface area contributed by atoms with Crippen molar-refractivity contribution in [3.8, 4) is 0 Å². The van der Waals surface area contributed by atoms with Crippen LogP contribution < -0.4 is 5.06 Å². The van der Waals surface area contributed by atoms with Gasteiger partial charge in [0.05, 0.1) is 16.7 Å². The van der Waals surface area contributed by atoms with Gasteiger partial charge in [-0.1, -0.05) is 0 Å². The number of aliphatic hydroxyl groups excluding tert-OH is 3. The molecular formula is C17H19N5O7. The Morgan fingerprint density at radius 2 is 1.86 bits per heavy atom. The number of imidazole rings is 1. The van der Waals surface area contributed by atoms with Crippen molar-refractivity contribution < 1.29 is 35.2 Å². The molecule has 0 unspecified atom stereocenters. The van der Waals surface area contributed by atoms with Crippen LogP contribution >= 0.6 is 0 Å². The Balaban J connectivity index is 1.79. The van der Waals surface area contributed by atoms with E-state index in [4.69, 9.17) is 4.74 Å². The van der Waals surface area contributed by atoms with E-state index in [1.165, 1.54) is 4.57 Å². The number of aliphatic hydroxyl groups is 3. The van der Waals surface area contributed by atoms with Gasteiger partial charge in [0.25, 0.3) is 0 Å². The van der Waals surface area contributed by atoms with Gasteiger partial charge in [-0.15, -0.1) is 0 Å². The van der Waals surface area contributed by atoms with Gasteiger partial charge in [0.2, 0.25) is 5.95 Å². The quantitative estimate of drug-likeness (QED) is 0.335. The highest BCUT2D eigenvalue weighted by Gasteiger charge is 2.49. The lowest BCUT2D eigenvalue weighted by molar-refractivity contribution is -0.237. The number of aryl methyl sites for hydroxylation is 2. The molecule has 1 aliphatic rings. The first-order valence-electron chi connectivity index (χ1n) is 8.70. The standard InChI is InChI=1S/C17H19N5O7/c1-6-5-18-7-3-4-8-10(9(7)19-6)20-17(21(8)2)22(28)15-13(25)11(23)12(24)14(29-15)16(26)27/h3-5,11-15,23-25,28H,1-2H3,(H,26,27)/t11-,12-,13+,14-,15+/m0/s1.